The van der Waals surface area contributed by atoms with Gasteiger partial charge in [0.25, 0.3) is 0 Å². The van der Waals surface area contributed by atoms with Gasteiger partial charge in [0, 0.05) is 18.6 Å². The van der Waals surface area contributed by atoms with Gasteiger partial charge in [0.05, 0.1) is 5.92 Å². The Balaban J connectivity index is 0.00000176. The molecule has 2 aliphatic rings. The highest BCUT2D eigenvalue weighted by atomic mass is 35.5. The lowest BCUT2D eigenvalue weighted by atomic mass is 9.91. The van der Waals surface area contributed by atoms with Crippen LogP contribution in [0.3, 0.4) is 0 Å². The fourth-order valence-electron chi connectivity index (χ4n) is 3.50. The number of amides is 1. The Labute approximate surface area is 138 Å². The fraction of sp³-hybridized carbons (Fsp3) is 0.588. The molecule has 1 aromatic rings. The summed E-state index contributed by atoms with van der Waals surface area (Å²) in [5.41, 5.74) is 7.21. The lowest BCUT2D eigenvalue weighted by molar-refractivity contribution is -0.141. The van der Waals surface area contributed by atoms with Crippen molar-refractivity contribution in [1.29, 1.82) is 0 Å². The van der Waals surface area contributed by atoms with Crippen molar-refractivity contribution in [2.45, 2.75) is 44.7 Å². The lowest BCUT2D eigenvalue weighted by Crippen LogP contribution is -2.54. The maximum Gasteiger partial charge on any atom is 0.229 e. The first-order chi connectivity index (χ1) is 10.2. The van der Waals surface area contributed by atoms with Crippen LogP contribution in [0.4, 0.5) is 0 Å². The van der Waals surface area contributed by atoms with Crippen molar-refractivity contribution < 1.29 is 9.53 Å². The summed E-state index contributed by atoms with van der Waals surface area (Å²) in [4.78, 5) is 14.9. The number of fused-ring (bicyclic) bond motifs is 1. The number of rotatable bonds is 2. The molecule has 122 valence electrons. The number of nitrogens with zero attached hydrogens (tertiary/aromatic N) is 1. The van der Waals surface area contributed by atoms with Crippen molar-refractivity contribution in [2.24, 2.45) is 11.7 Å². The smallest absolute Gasteiger partial charge is 0.229 e. The Kier molecular flexibility index (Phi) is 5.70. The summed E-state index contributed by atoms with van der Waals surface area (Å²) in [5.74, 6) is 1.06. The van der Waals surface area contributed by atoms with E-state index in [4.69, 9.17) is 10.5 Å². The molecule has 2 N–H and O–H groups in total. The molecule has 5 heteroatoms. The Morgan fingerprint density at radius 2 is 2.14 bits per heavy atom. The third-order valence-electron chi connectivity index (χ3n) is 4.67. The SMILES string of the molecule is CC(N)C1CCCCN1C(=O)C1COc2ccccc2C1.Cl. The molecular formula is C17H25ClN2O2. The van der Waals surface area contributed by atoms with Crippen LogP contribution in [-0.4, -0.2) is 36.0 Å². The normalized spacial score (nSPS) is 25.5. The first-order valence-corrected chi connectivity index (χ1v) is 7.93. The van der Waals surface area contributed by atoms with Crippen LogP contribution in [0.1, 0.15) is 31.7 Å². The van der Waals surface area contributed by atoms with Crippen molar-refractivity contribution in [3.05, 3.63) is 29.8 Å². The first-order valence-electron chi connectivity index (χ1n) is 7.93. The van der Waals surface area contributed by atoms with Gasteiger partial charge in [-0.2, -0.15) is 0 Å². The van der Waals surface area contributed by atoms with E-state index in [1.54, 1.807) is 0 Å². The molecule has 0 bridgehead atoms. The number of likely N-dealkylation sites (tertiary alicyclic amines) is 1. The van der Waals surface area contributed by atoms with E-state index in [1.807, 2.05) is 36.1 Å². The highest BCUT2D eigenvalue weighted by Gasteiger charge is 2.35. The number of para-hydroxylation sites is 1. The molecular weight excluding hydrogens is 300 g/mol. The lowest BCUT2D eigenvalue weighted by Gasteiger charge is -2.40. The minimum atomic E-state index is -0.0701. The topological polar surface area (TPSA) is 55.6 Å². The van der Waals surface area contributed by atoms with Gasteiger partial charge in [-0.05, 0) is 44.2 Å². The highest BCUT2D eigenvalue weighted by Crippen LogP contribution is 2.29. The molecule has 2 heterocycles. The molecule has 2 aliphatic heterocycles. The van der Waals surface area contributed by atoms with Crippen LogP contribution in [0.5, 0.6) is 5.75 Å². The molecule has 1 amide bonds. The quantitative estimate of drug-likeness (QED) is 0.908. The summed E-state index contributed by atoms with van der Waals surface area (Å²) in [6, 6.07) is 8.21. The van der Waals surface area contributed by atoms with Gasteiger partial charge in [0.2, 0.25) is 5.91 Å². The molecule has 22 heavy (non-hydrogen) atoms. The zero-order chi connectivity index (χ0) is 14.8. The van der Waals surface area contributed by atoms with Crippen LogP contribution < -0.4 is 10.5 Å². The number of ether oxygens (including phenoxy) is 1. The van der Waals surface area contributed by atoms with Crippen LogP contribution in [-0.2, 0) is 11.2 Å². The Morgan fingerprint density at radius 3 is 2.91 bits per heavy atom. The van der Waals surface area contributed by atoms with Crippen LogP contribution in [0.25, 0.3) is 0 Å². The molecule has 4 nitrogen and oxygen atoms in total. The van der Waals surface area contributed by atoms with Gasteiger partial charge in [-0.1, -0.05) is 18.2 Å². The number of halogens is 1. The molecule has 0 saturated carbocycles. The Morgan fingerprint density at radius 1 is 1.36 bits per heavy atom. The second-order valence-electron chi connectivity index (χ2n) is 6.27. The minimum Gasteiger partial charge on any atom is -0.492 e. The monoisotopic (exact) mass is 324 g/mol. The summed E-state index contributed by atoms with van der Waals surface area (Å²) in [5, 5.41) is 0. The van der Waals surface area contributed by atoms with Gasteiger partial charge in [-0.3, -0.25) is 4.79 Å². The number of piperidine rings is 1. The van der Waals surface area contributed by atoms with Gasteiger partial charge in [-0.25, -0.2) is 0 Å². The number of hydrogen-bond donors (Lipinski definition) is 1. The molecule has 0 aromatic heterocycles. The minimum absolute atomic E-state index is 0. The zero-order valence-corrected chi connectivity index (χ0v) is 13.8. The van der Waals surface area contributed by atoms with Gasteiger partial charge >= 0.3 is 0 Å². The number of hydrogen-bond acceptors (Lipinski definition) is 3. The molecule has 3 atom stereocenters. The Hall–Kier alpha value is -1.26. The second-order valence-corrected chi connectivity index (χ2v) is 6.27. The van der Waals surface area contributed by atoms with Crippen molar-refractivity contribution in [2.75, 3.05) is 13.2 Å². The standard InChI is InChI=1S/C17H24N2O2.ClH/c1-12(18)15-7-4-5-9-19(15)17(20)14-10-13-6-2-3-8-16(13)21-11-14;/h2-3,6,8,12,14-15H,4-5,7,9-11,18H2,1H3;1H. The van der Waals surface area contributed by atoms with Crippen LogP contribution >= 0.6 is 12.4 Å². The van der Waals surface area contributed by atoms with Crippen LogP contribution in [0.2, 0.25) is 0 Å². The third-order valence-corrected chi connectivity index (χ3v) is 4.67. The number of carbonyl (C=O) groups is 1. The molecule has 0 aliphatic carbocycles. The van der Waals surface area contributed by atoms with Gasteiger partial charge in [0.15, 0.2) is 0 Å². The predicted octanol–water partition coefficient (Wildman–Crippen LogP) is 2.39. The summed E-state index contributed by atoms with van der Waals surface area (Å²) in [7, 11) is 0. The molecule has 0 radical (unpaired) electrons. The van der Waals surface area contributed by atoms with E-state index < -0.39 is 0 Å². The van der Waals surface area contributed by atoms with E-state index in [0.717, 1.165) is 37.1 Å². The summed E-state index contributed by atoms with van der Waals surface area (Å²) in [6.45, 7) is 3.32. The van der Waals surface area contributed by atoms with Crippen LogP contribution in [0.15, 0.2) is 24.3 Å². The van der Waals surface area contributed by atoms with E-state index in [9.17, 15) is 4.79 Å². The van der Waals surface area contributed by atoms with E-state index in [2.05, 4.69) is 0 Å². The van der Waals surface area contributed by atoms with E-state index in [1.165, 1.54) is 6.42 Å². The maximum atomic E-state index is 12.9. The molecule has 1 saturated heterocycles. The molecule has 1 aromatic carbocycles. The molecule has 3 unspecified atom stereocenters. The first kappa shape index (κ1) is 17.1. The maximum absolute atomic E-state index is 12.9. The van der Waals surface area contributed by atoms with Crippen molar-refractivity contribution in [3.63, 3.8) is 0 Å². The van der Waals surface area contributed by atoms with Crippen molar-refractivity contribution in [3.8, 4) is 5.75 Å². The average Bonchev–Trinajstić information content (AvgIpc) is 2.53. The number of carbonyl (C=O) groups excluding carboxylic acids is 1. The van der Waals surface area contributed by atoms with Gasteiger partial charge in [-0.15, -0.1) is 12.4 Å². The molecule has 1 fully saturated rings. The van der Waals surface area contributed by atoms with Crippen LogP contribution in [0, 0.1) is 5.92 Å². The third kappa shape index (κ3) is 3.39. The highest BCUT2D eigenvalue weighted by molar-refractivity contribution is 5.85. The van der Waals surface area contributed by atoms with E-state index in [0.29, 0.717) is 6.61 Å². The van der Waals surface area contributed by atoms with Gasteiger partial charge in [0.1, 0.15) is 12.4 Å². The number of benzene rings is 1. The average molecular weight is 325 g/mol. The molecule has 3 rings (SSSR count). The summed E-state index contributed by atoms with van der Waals surface area (Å²) >= 11 is 0. The fourth-order valence-corrected chi connectivity index (χ4v) is 3.50. The molecule has 0 spiro atoms. The van der Waals surface area contributed by atoms with E-state index in [-0.39, 0.29) is 36.3 Å². The summed E-state index contributed by atoms with van der Waals surface area (Å²) in [6.07, 6.45) is 4.05. The predicted molar refractivity (Wildman–Crippen MR) is 89.4 cm³/mol. The number of nitrogens with two attached hydrogens (primary N) is 1. The largest absolute Gasteiger partial charge is 0.492 e. The zero-order valence-electron chi connectivity index (χ0n) is 13.0. The van der Waals surface area contributed by atoms with Crippen molar-refractivity contribution >= 4 is 18.3 Å². The van der Waals surface area contributed by atoms with Gasteiger partial charge < -0.3 is 15.4 Å². The second kappa shape index (κ2) is 7.34. The van der Waals surface area contributed by atoms with E-state index >= 15 is 0 Å². The van der Waals surface area contributed by atoms with Crippen molar-refractivity contribution in [1.82, 2.24) is 4.90 Å². The summed E-state index contributed by atoms with van der Waals surface area (Å²) < 4.78 is 5.76. The Bertz CT molecular complexity index is 521.